The van der Waals surface area contributed by atoms with Gasteiger partial charge in [0.15, 0.2) is 11.5 Å². The summed E-state index contributed by atoms with van der Waals surface area (Å²) in [4.78, 5) is 15.4. The summed E-state index contributed by atoms with van der Waals surface area (Å²) in [5.41, 5.74) is 0.844. The summed E-state index contributed by atoms with van der Waals surface area (Å²) in [7, 11) is 0. The van der Waals surface area contributed by atoms with Crippen molar-refractivity contribution in [2.75, 3.05) is 37.0 Å². The summed E-state index contributed by atoms with van der Waals surface area (Å²) in [5, 5.41) is 0. The van der Waals surface area contributed by atoms with Crippen LogP contribution in [-0.2, 0) is 4.79 Å². The number of carbonyl (C=O) groups is 1. The number of rotatable bonds is 3. The quantitative estimate of drug-likeness (QED) is 0.802. The molecule has 0 aromatic heterocycles. The number of anilines is 1. The Morgan fingerprint density at radius 2 is 1.75 bits per heavy atom. The van der Waals surface area contributed by atoms with Crippen molar-refractivity contribution < 1.29 is 19.0 Å². The van der Waals surface area contributed by atoms with Gasteiger partial charge in [-0.25, -0.2) is 0 Å². The highest BCUT2D eigenvalue weighted by atomic mass is 32.2. The average Bonchev–Trinajstić information content (AvgIpc) is 2.65. The van der Waals surface area contributed by atoms with Gasteiger partial charge in [0.25, 0.3) is 0 Å². The number of carbonyl (C=O) groups excluding carboxylic acids is 1. The molecule has 0 bridgehead atoms. The molecule has 2 aliphatic heterocycles. The van der Waals surface area contributed by atoms with E-state index in [1.54, 1.807) is 4.90 Å². The van der Waals surface area contributed by atoms with Gasteiger partial charge in [-0.15, -0.1) is 11.8 Å². The maximum atomic E-state index is 12.6. The Hall–Kier alpha value is -2.34. The number of fused-ring (bicyclic) bond motifs is 2. The molecule has 2 heterocycles. The molecule has 1 amide bonds. The van der Waals surface area contributed by atoms with E-state index in [1.807, 2.05) is 42.5 Å². The van der Waals surface area contributed by atoms with Gasteiger partial charge in [0.2, 0.25) is 5.91 Å². The number of ether oxygens (including phenoxy) is 3. The van der Waals surface area contributed by atoms with E-state index < -0.39 is 0 Å². The predicted octanol–water partition coefficient (Wildman–Crippen LogP) is 2.98. The third-order valence-corrected chi connectivity index (χ3v) is 4.88. The molecule has 0 aliphatic carbocycles. The molecule has 0 N–H and O–H groups in total. The molecule has 4 rings (SSSR count). The number of nitrogens with zero attached hydrogens (tertiary/aromatic N) is 1. The summed E-state index contributed by atoms with van der Waals surface area (Å²) in [6, 6.07) is 13.4. The van der Waals surface area contributed by atoms with Gasteiger partial charge in [-0.1, -0.05) is 12.1 Å². The predicted molar refractivity (Wildman–Crippen MR) is 92.4 cm³/mol. The molecule has 6 heteroatoms. The number of hydrogen-bond donors (Lipinski definition) is 0. The molecule has 0 fully saturated rings. The second-order valence-corrected chi connectivity index (χ2v) is 6.50. The second-order valence-electron chi connectivity index (χ2n) is 5.46. The zero-order chi connectivity index (χ0) is 16.4. The zero-order valence-corrected chi connectivity index (χ0v) is 13.9. The zero-order valence-electron chi connectivity index (χ0n) is 13.1. The third-order valence-electron chi connectivity index (χ3n) is 3.91. The number of benzene rings is 2. The minimum Gasteiger partial charge on any atom is -0.490 e. The van der Waals surface area contributed by atoms with Crippen LogP contribution in [0.1, 0.15) is 0 Å². The Balaban J connectivity index is 1.44. The van der Waals surface area contributed by atoms with Crippen molar-refractivity contribution >= 4 is 23.4 Å². The van der Waals surface area contributed by atoms with E-state index in [-0.39, 0.29) is 5.91 Å². The van der Waals surface area contributed by atoms with E-state index in [2.05, 4.69) is 0 Å². The molecule has 0 spiro atoms. The Morgan fingerprint density at radius 3 is 2.67 bits per heavy atom. The Bertz CT molecular complexity index is 764. The van der Waals surface area contributed by atoms with Crippen LogP contribution in [0.4, 0.5) is 5.69 Å². The van der Waals surface area contributed by atoms with Crippen LogP contribution in [0.2, 0.25) is 0 Å². The largest absolute Gasteiger partial charge is 0.490 e. The van der Waals surface area contributed by atoms with Gasteiger partial charge >= 0.3 is 0 Å². The van der Waals surface area contributed by atoms with Crippen molar-refractivity contribution in [3.05, 3.63) is 42.5 Å². The third kappa shape index (κ3) is 3.01. The average molecular weight is 343 g/mol. The molecule has 0 unspecified atom stereocenters. The number of amides is 1. The summed E-state index contributed by atoms with van der Waals surface area (Å²) >= 11 is 1.50. The highest BCUT2D eigenvalue weighted by Gasteiger charge is 2.23. The molecule has 0 radical (unpaired) electrons. The monoisotopic (exact) mass is 343 g/mol. The van der Waals surface area contributed by atoms with Crippen LogP contribution in [0.15, 0.2) is 47.4 Å². The van der Waals surface area contributed by atoms with Crippen LogP contribution in [-0.4, -0.2) is 38.0 Å². The van der Waals surface area contributed by atoms with E-state index in [0.29, 0.717) is 32.1 Å². The van der Waals surface area contributed by atoms with Crippen LogP contribution >= 0.6 is 11.8 Å². The Labute approximate surface area is 144 Å². The van der Waals surface area contributed by atoms with Gasteiger partial charge in [0.1, 0.15) is 25.6 Å². The smallest absolute Gasteiger partial charge is 0.237 e. The lowest BCUT2D eigenvalue weighted by atomic mass is 10.2. The van der Waals surface area contributed by atoms with Crippen LogP contribution in [0, 0.1) is 0 Å². The fourth-order valence-electron chi connectivity index (χ4n) is 2.77. The summed E-state index contributed by atoms with van der Waals surface area (Å²) in [5.74, 6) is 2.72. The molecular formula is C18H17NO4S. The summed E-state index contributed by atoms with van der Waals surface area (Å²) in [6.45, 7) is 2.24. The van der Waals surface area contributed by atoms with Crippen molar-refractivity contribution in [3.8, 4) is 17.2 Å². The van der Waals surface area contributed by atoms with Crippen LogP contribution in [0.5, 0.6) is 17.2 Å². The standard InChI is InChI=1S/C18H17NO4S/c20-18(19-7-8-21-15-4-2-1-3-14(15)19)12-24-13-5-6-16-17(11-13)23-10-9-22-16/h1-6,11H,7-10,12H2. The van der Waals surface area contributed by atoms with Crippen LogP contribution < -0.4 is 19.1 Å². The fourth-order valence-corrected chi connectivity index (χ4v) is 3.57. The molecule has 0 saturated carbocycles. The van der Waals surface area contributed by atoms with Gasteiger partial charge in [-0.05, 0) is 30.3 Å². The molecule has 2 aromatic carbocycles. The highest BCUT2D eigenvalue weighted by molar-refractivity contribution is 8.00. The van der Waals surface area contributed by atoms with Gasteiger partial charge in [0.05, 0.1) is 18.0 Å². The van der Waals surface area contributed by atoms with Gasteiger partial charge in [-0.2, -0.15) is 0 Å². The maximum absolute atomic E-state index is 12.6. The first kappa shape index (κ1) is 15.2. The van der Waals surface area contributed by atoms with Gasteiger partial charge in [-0.3, -0.25) is 4.79 Å². The molecule has 2 aliphatic rings. The van der Waals surface area contributed by atoms with E-state index in [9.17, 15) is 4.79 Å². The topological polar surface area (TPSA) is 48.0 Å². The van der Waals surface area contributed by atoms with E-state index in [4.69, 9.17) is 14.2 Å². The number of thioether (sulfide) groups is 1. The minimum atomic E-state index is 0.0747. The molecular weight excluding hydrogens is 326 g/mol. The molecule has 24 heavy (non-hydrogen) atoms. The molecule has 2 aromatic rings. The normalized spacial score (nSPS) is 15.4. The molecule has 0 atom stereocenters. The molecule has 5 nitrogen and oxygen atoms in total. The second kappa shape index (κ2) is 6.65. The lowest BCUT2D eigenvalue weighted by Crippen LogP contribution is -2.38. The van der Waals surface area contributed by atoms with Crippen molar-refractivity contribution in [3.63, 3.8) is 0 Å². The Kier molecular flexibility index (Phi) is 4.21. The van der Waals surface area contributed by atoms with Crippen molar-refractivity contribution in [2.45, 2.75) is 4.90 Å². The summed E-state index contributed by atoms with van der Waals surface area (Å²) in [6.07, 6.45) is 0. The van der Waals surface area contributed by atoms with Crippen molar-refractivity contribution in [1.29, 1.82) is 0 Å². The number of hydrogen-bond acceptors (Lipinski definition) is 5. The SMILES string of the molecule is O=C(CSc1ccc2c(c1)OCCO2)N1CCOc2ccccc21. The lowest BCUT2D eigenvalue weighted by molar-refractivity contribution is -0.116. The van der Waals surface area contributed by atoms with E-state index >= 15 is 0 Å². The fraction of sp³-hybridized carbons (Fsp3) is 0.278. The summed E-state index contributed by atoms with van der Waals surface area (Å²) < 4.78 is 16.7. The van der Waals surface area contributed by atoms with Crippen molar-refractivity contribution in [1.82, 2.24) is 0 Å². The van der Waals surface area contributed by atoms with Gasteiger partial charge < -0.3 is 19.1 Å². The first-order chi connectivity index (χ1) is 11.8. The van der Waals surface area contributed by atoms with Crippen molar-refractivity contribution in [2.24, 2.45) is 0 Å². The molecule has 124 valence electrons. The van der Waals surface area contributed by atoms with Crippen LogP contribution in [0.3, 0.4) is 0 Å². The van der Waals surface area contributed by atoms with E-state index in [0.717, 1.165) is 27.8 Å². The van der Waals surface area contributed by atoms with Gasteiger partial charge in [0, 0.05) is 4.90 Å². The first-order valence-corrected chi connectivity index (χ1v) is 8.84. The van der Waals surface area contributed by atoms with Crippen LogP contribution in [0.25, 0.3) is 0 Å². The Morgan fingerprint density at radius 1 is 0.958 bits per heavy atom. The molecule has 0 saturated heterocycles. The highest BCUT2D eigenvalue weighted by Crippen LogP contribution is 2.35. The minimum absolute atomic E-state index is 0.0747. The van der Waals surface area contributed by atoms with E-state index in [1.165, 1.54) is 11.8 Å². The number of para-hydroxylation sites is 2. The first-order valence-electron chi connectivity index (χ1n) is 7.86. The lowest BCUT2D eigenvalue weighted by Gasteiger charge is -2.29. The maximum Gasteiger partial charge on any atom is 0.237 e.